The van der Waals surface area contributed by atoms with Gasteiger partial charge in [0.05, 0.1) is 5.57 Å². The maximum absolute atomic E-state index is 12.9. The third-order valence-electron chi connectivity index (χ3n) is 5.54. The van der Waals surface area contributed by atoms with Gasteiger partial charge in [-0.15, -0.1) is 0 Å². The van der Waals surface area contributed by atoms with Crippen molar-refractivity contribution in [3.8, 4) is 17.8 Å². The number of hydrogen-bond donors (Lipinski definition) is 0. The van der Waals surface area contributed by atoms with Gasteiger partial charge in [0, 0.05) is 28.2 Å². The number of aromatic nitrogens is 1. The maximum atomic E-state index is 12.9. The molecule has 0 saturated carbocycles. The molecule has 150 valence electrons. The summed E-state index contributed by atoms with van der Waals surface area (Å²) in [6.45, 7) is 11.7. The van der Waals surface area contributed by atoms with Gasteiger partial charge in [-0.25, -0.2) is 4.79 Å². The summed E-state index contributed by atoms with van der Waals surface area (Å²) in [6, 6.07) is 13.7. The Bertz CT molecular complexity index is 1220. The molecule has 1 aliphatic rings. The second-order valence-electron chi connectivity index (χ2n) is 7.53. The molecule has 0 N–H and O–H groups in total. The summed E-state index contributed by atoms with van der Waals surface area (Å²) >= 11 is 0. The third-order valence-corrected chi connectivity index (χ3v) is 5.54. The Hall–Kier alpha value is -3.83. The first kappa shape index (κ1) is 20.9. The van der Waals surface area contributed by atoms with Crippen LogP contribution in [0.5, 0.6) is 0 Å². The average Bonchev–Trinajstić information content (AvgIpc) is 3.17. The normalized spacial score (nSPS) is 14.9. The van der Waals surface area contributed by atoms with Gasteiger partial charge in [-0.2, -0.15) is 10.5 Å². The van der Waals surface area contributed by atoms with Crippen molar-refractivity contribution in [1.82, 2.24) is 4.57 Å². The van der Waals surface area contributed by atoms with Crippen LogP contribution in [-0.4, -0.2) is 10.5 Å². The zero-order chi connectivity index (χ0) is 22.2. The molecule has 0 bridgehead atoms. The zero-order valence-electron chi connectivity index (χ0n) is 18.0. The first-order chi connectivity index (χ1) is 14.2. The first-order valence-electron chi connectivity index (χ1n) is 9.64. The van der Waals surface area contributed by atoms with Gasteiger partial charge in [0.2, 0.25) is 0 Å². The molecule has 0 unspecified atom stereocenters. The fraction of sp³-hybridized carbons (Fsp3) is 0.240. The number of ether oxygens (including phenoxy) is 1. The summed E-state index contributed by atoms with van der Waals surface area (Å²) in [5.41, 5.74) is 7.51. The van der Waals surface area contributed by atoms with Crippen LogP contribution in [0.3, 0.4) is 0 Å². The van der Waals surface area contributed by atoms with Crippen molar-refractivity contribution in [3.05, 3.63) is 80.9 Å². The highest BCUT2D eigenvalue weighted by Crippen LogP contribution is 2.41. The van der Waals surface area contributed by atoms with Crippen molar-refractivity contribution in [1.29, 1.82) is 10.5 Å². The Morgan fingerprint density at radius 3 is 2.07 bits per heavy atom. The summed E-state index contributed by atoms with van der Waals surface area (Å²) in [5.74, 6) is -0.487. The molecule has 5 heteroatoms. The monoisotopic (exact) mass is 397 g/mol. The van der Waals surface area contributed by atoms with Gasteiger partial charge >= 0.3 is 5.97 Å². The number of benzene rings is 1. The molecule has 0 atom stereocenters. The minimum atomic E-state index is -0.536. The van der Waals surface area contributed by atoms with Crippen molar-refractivity contribution in [2.45, 2.75) is 41.5 Å². The standard InChI is InChI=1S/C25H23N3O2/c1-14(2)21-23(25(29)30-24(21)19(12-26)13-27)16(4)22-15(3)17(5)28(18(22)6)20-10-8-7-9-11-20/h7-11H,1-6H3/b23-16-. The Balaban J connectivity index is 2.34. The summed E-state index contributed by atoms with van der Waals surface area (Å²) in [5, 5.41) is 18.6. The van der Waals surface area contributed by atoms with Crippen LogP contribution in [0, 0.1) is 43.4 Å². The lowest BCUT2D eigenvalue weighted by atomic mass is 9.91. The van der Waals surface area contributed by atoms with Crippen molar-refractivity contribution in [3.63, 3.8) is 0 Å². The largest absolute Gasteiger partial charge is 0.420 e. The van der Waals surface area contributed by atoms with Crippen LogP contribution in [0.2, 0.25) is 0 Å². The highest BCUT2D eigenvalue weighted by molar-refractivity contribution is 6.08. The fourth-order valence-electron chi connectivity index (χ4n) is 4.16. The van der Waals surface area contributed by atoms with Gasteiger partial charge in [0.15, 0.2) is 11.3 Å². The van der Waals surface area contributed by atoms with E-state index in [9.17, 15) is 15.3 Å². The van der Waals surface area contributed by atoms with Crippen molar-refractivity contribution in [2.24, 2.45) is 0 Å². The van der Waals surface area contributed by atoms with Gasteiger partial charge in [0.1, 0.15) is 12.1 Å². The van der Waals surface area contributed by atoms with Gasteiger partial charge < -0.3 is 9.30 Å². The predicted octanol–water partition coefficient (Wildman–Crippen LogP) is 5.37. The number of hydrogen-bond acceptors (Lipinski definition) is 4. The van der Waals surface area contributed by atoms with Gasteiger partial charge in [-0.05, 0) is 64.8 Å². The third kappa shape index (κ3) is 3.15. The topological polar surface area (TPSA) is 78.8 Å². The van der Waals surface area contributed by atoms with Crippen LogP contribution in [0.15, 0.2) is 58.4 Å². The number of para-hydroxylation sites is 1. The fourth-order valence-corrected chi connectivity index (χ4v) is 4.16. The number of cyclic esters (lactones) is 1. The second-order valence-corrected chi connectivity index (χ2v) is 7.53. The number of carbonyl (C=O) groups excluding carboxylic acids is 1. The van der Waals surface area contributed by atoms with Crippen molar-refractivity contribution in [2.75, 3.05) is 0 Å². The lowest BCUT2D eigenvalue weighted by Crippen LogP contribution is -2.02. The van der Waals surface area contributed by atoms with E-state index in [2.05, 4.69) is 11.5 Å². The minimum absolute atomic E-state index is 0.0499. The SMILES string of the molecule is CC(C)=C1C(=C(C#N)C#N)OC(=O)/C1=C(/C)c1c(C)c(C)n(-c2ccccc2)c1C. The van der Waals surface area contributed by atoms with Gasteiger partial charge in [-0.1, -0.05) is 23.8 Å². The van der Waals surface area contributed by atoms with Crippen LogP contribution in [0.25, 0.3) is 11.3 Å². The minimum Gasteiger partial charge on any atom is -0.420 e. The molecule has 1 aromatic heterocycles. The summed E-state index contributed by atoms with van der Waals surface area (Å²) < 4.78 is 7.58. The molecule has 1 aromatic carbocycles. The molecule has 0 amide bonds. The molecule has 0 radical (unpaired) electrons. The average molecular weight is 397 g/mol. The van der Waals surface area contributed by atoms with Crippen LogP contribution in [0.1, 0.15) is 43.3 Å². The van der Waals surface area contributed by atoms with Gasteiger partial charge in [-0.3, -0.25) is 0 Å². The quantitative estimate of drug-likeness (QED) is 0.388. The zero-order valence-corrected chi connectivity index (χ0v) is 18.0. The number of nitriles is 2. The lowest BCUT2D eigenvalue weighted by Gasteiger charge is -2.11. The highest BCUT2D eigenvalue weighted by atomic mass is 16.5. The molecule has 5 nitrogen and oxygen atoms in total. The number of carbonyl (C=O) groups is 1. The van der Waals surface area contributed by atoms with Crippen molar-refractivity contribution >= 4 is 11.5 Å². The van der Waals surface area contributed by atoms with Gasteiger partial charge in [0.25, 0.3) is 0 Å². The second kappa shape index (κ2) is 7.89. The van der Waals surface area contributed by atoms with E-state index in [-0.39, 0.29) is 11.3 Å². The Morgan fingerprint density at radius 2 is 1.53 bits per heavy atom. The van der Waals surface area contributed by atoms with E-state index in [1.165, 1.54) is 0 Å². The van der Waals surface area contributed by atoms with E-state index in [1.54, 1.807) is 0 Å². The summed E-state index contributed by atoms with van der Waals surface area (Å²) in [7, 11) is 0. The number of allylic oxidation sites excluding steroid dienone is 4. The number of esters is 1. The van der Waals surface area contributed by atoms with E-state index >= 15 is 0 Å². The molecule has 30 heavy (non-hydrogen) atoms. The van der Waals surface area contributed by atoms with Crippen LogP contribution in [-0.2, 0) is 9.53 Å². The molecule has 0 spiro atoms. The van der Waals surface area contributed by atoms with Crippen molar-refractivity contribution < 1.29 is 9.53 Å². The summed E-state index contributed by atoms with van der Waals surface area (Å²) in [6.07, 6.45) is 0. The molecule has 1 fully saturated rings. The van der Waals surface area contributed by atoms with Crippen LogP contribution in [0.4, 0.5) is 0 Å². The van der Waals surface area contributed by atoms with Crippen LogP contribution < -0.4 is 0 Å². The first-order valence-corrected chi connectivity index (χ1v) is 9.64. The van der Waals surface area contributed by atoms with Crippen LogP contribution >= 0.6 is 0 Å². The highest BCUT2D eigenvalue weighted by Gasteiger charge is 2.36. The Morgan fingerprint density at radius 1 is 0.933 bits per heavy atom. The molecule has 2 aromatic rings. The Kier molecular flexibility index (Phi) is 5.49. The van der Waals surface area contributed by atoms with E-state index in [1.807, 2.05) is 77.1 Å². The summed E-state index contributed by atoms with van der Waals surface area (Å²) in [4.78, 5) is 12.9. The maximum Gasteiger partial charge on any atom is 0.344 e. The van der Waals surface area contributed by atoms with E-state index in [4.69, 9.17) is 4.74 Å². The molecular weight excluding hydrogens is 374 g/mol. The molecular formula is C25H23N3O2. The lowest BCUT2D eigenvalue weighted by molar-refractivity contribution is -0.132. The molecule has 0 aliphatic carbocycles. The molecule has 2 heterocycles. The molecule has 3 rings (SSSR count). The van der Waals surface area contributed by atoms with E-state index in [0.29, 0.717) is 11.1 Å². The predicted molar refractivity (Wildman–Crippen MR) is 115 cm³/mol. The molecule has 1 aliphatic heterocycles. The smallest absolute Gasteiger partial charge is 0.344 e. The molecule has 1 saturated heterocycles. The number of nitrogens with zero attached hydrogens (tertiary/aromatic N) is 3. The van der Waals surface area contributed by atoms with E-state index < -0.39 is 5.97 Å². The number of rotatable bonds is 2. The Labute approximate surface area is 176 Å². The van der Waals surface area contributed by atoms with E-state index in [0.717, 1.165) is 39.3 Å².